The second-order valence-electron chi connectivity index (χ2n) is 7.08. The number of benzene rings is 3. The number of aryl methyl sites for hydroxylation is 1. The molecule has 0 fully saturated rings. The number of nitrogens with one attached hydrogen (secondary N) is 1. The highest BCUT2D eigenvalue weighted by molar-refractivity contribution is 6.31. The number of aliphatic hydroxyl groups excluding tert-OH is 1. The van der Waals surface area contributed by atoms with Gasteiger partial charge in [-0.1, -0.05) is 41.9 Å². The summed E-state index contributed by atoms with van der Waals surface area (Å²) in [5.74, 6) is -0.0998. The maximum absolute atomic E-state index is 12.5. The van der Waals surface area contributed by atoms with Gasteiger partial charge in [0.15, 0.2) is 5.78 Å². The number of aliphatic hydroxyl groups is 1. The van der Waals surface area contributed by atoms with Crippen LogP contribution in [0.1, 0.15) is 39.1 Å². The van der Waals surface area contributed by atoms with Gasteiger partial charge in [0.25, 0.3) is 5.91 Å². The summed E-state index contributed by atoms with van der Waals surface area (Å²) in [6, 6.07) is 21.7. The average molecular weight is 438 g/mol. The van der Waals surface area contributed by atoms with Gasteiger partial charge in [0.1, 0.15) is 12.4 Å². The number of hydrogen-bond donors (Lipinski definition) is 2. The van der Waals surface area contributed by atoms with Gasteiger partial charge in [0.2, 0.25) is 0 Å². The van der Waals surface area contributed by atoms with E-state index in [4.69, 9.17) is 21.4 Å². The lowest BCUT2D eigenvalue weighted by atomic mass is 10.1. The van der Waals surface area contributed by atoms with Crippen LogP contribution in [0.5, 0.6) is 5.75 Å². The highest BCUT2D eigenvalue weighted by atomic mass is 35.5. The summed E-state index contributed by atoms with van der Waals surface area (Å²) in [6.07, 6.45) is 3.02. The van der Waals surface area contributed by atoms with Crippen LogP contribution >= 0.6 is 11.6 Å². The second-order valence-corrected chi connectivity index (χ2v) is 7.52. The number of carbonyl (C=O) groups is 2. The molecule has 0 aromatic heterocycles. The average Bonchev–Trinajstić information content (AvgIpc) is 2.79. The first kappa shape index (κ1) is 22.5. The molecular weight excluding hydrogens is 414 g/mol. The summed E-state index contributed by atoms with van der Waals surface area (Å²) in [5, 5.41) is 12.0. The molecule has 3 aromatic carbocycles. The van der Waals surface area contributed by atoms with Gasteiger partial charge in [-0.05, 0) is 67.3 Å². The molecule has 0 spiro atoms. The zero-order valence-corrected chi connectivity index (χ0v) is 17.8. The molecule has 0 bridgehead atoms. The Hall–Kier alpha value is -3.15. The van der Waals surface area contributed by atoms with Gasteiger partial charge < -0.3 is 15.2 Å². The fourth-order valence-electron chi connectivity index (χ4n) is 3.09. The molecular formula is C25H24ClNO4. The van der Waals surface area contributed by atoms with Crippen LogP contribution < -0.4 is 10.1 Å². The van der Waals surface area contributed by atoms with E-state index < -0.39 is 12.4 Å². The summed E-state index contributed by atoms with van der Waals surface area (Å²) in [5.41, 5.74) is 2.39. The summed E-state index contributed by atoms with van der Waals surface area (Å²) < 4.78 is 5.76. The molecule has 0 radical (unpaired) electrons. The highest BCUT2D eigenvalue weighted by Gasteiger charge is 2.11. The monoisotopic (exact) mass is 437 g/mol. The van der Waals surface area contributed by atoms with Crippen LogP contribution in [0.4, 0.5) is 5.69 Å². The Morgan fingerprint density at radius 1 is 0.903 bits per heavy atom. The highest BCUT2D eigenvalue weighted by Crippen LogP contribution is 2.21. The van der Waals surface area contributed by atoms with Crippen molar-refractivity contribution in [3.8, 4) is 5.75 Å². The van der Waals surface area contributed by atoms with E-state index in [0.717, 1.165) is 19.3 Å². The van der Waals surface area contributed by atoms with Gasteiger partial charge in [-0.15, -0.1) is 0 Å². The number of anilines is 1. The Kier molecular flexibility index (Phi) is 8.21. The number of carbonyl (C=O) groups excluding carboxylic acids is 2. The molecule has 31 heavy (non-hydrogen) atoms. The predicted octanol–water partition coefficient (Wildman–Crippen LogP) is 5.17. The van der Waals surface area contributed by atoms with Crippen LogP contribution in [0.2, 0.25) is 5.02 Å². The van der Waals surface area contributed by atoms with Crippen molar-refractivity contribution in [1.82, 2.24) is 0 Å². The Labute approximate surface area is 186 Å². The van der Waals surface area contributed by atoms with Crippen molar-refractivity contribution in [2.45, 2.75) is 19.3 Å². The Morgan fingerprint density at radius 2 is 1.65 bits per heavy atom. The van der Waals surface area contributed by atoms with Crippen molar-refractivity contribution in [3.05, 3.63) is 94.5 Å². The molecule has 5 nitrogen and oxygen atoms in total. The smallest absolute Gasteiger partial charge is 0.255 e. The van der Waals surface area contributed by atoms with E-state index in [0.29, 0.717) is 28.6 Å². The first-order valence-corrected chi connectivity index (χ1v) is 10.5. The molecule has 0 aliphatic heterocycles. The van der Waals surface area contributed by atoms with E-state index in [9.17, 15) is 9.59 Å². The van der Waals surface area contributed by atoms with Gasteiger partial charge in [-0.2, -0.15) is 0 Å². The molecule has 0 saturated carbocycles. The minimum atomic E-state index is -0.624. The topological polar surface area (TPSA) is 75.6 Å². The molecule has 0 aliphatic carbocycles. The lowest BCUT2D eigenvalue weighted by molar-refractivity contribution is 0.0903. The molecule has 0 saturated heterocycles. The van der Waals surface area contributed by atoms with E-state index in [1.54, 1.807) is 30.3 Å². The van der Waals surface area contributed by atoms with Crippen LogP contribution in [-0.4, -0.2) is 30.0 Å². The third-order valence-corrected chi connectivity index (χ3v) is 4.93. The van der Waals surface area contributed by atoms with Crippen LogP contribution in [0, 0.1) is 0 Å². The lowest BCUT2D eigenvalue weighted by Crippen LogP contribution is -2.13. The number of unbranched alkanes of at least 4 members (excludes halogenated alkanes) is 1. The van der Waals surface area contributed by atoms with Gasteiger partial charge in [0, 0.05) is 21.8 Å². The van der Waals surface area contributed by atoms with Crippen LogP contribution in [0.25, 0.3) is 0 Å². The third-order valence-electron chi connectivity index (χ3n) is 4.71. The summed E-state index contributed by atoms with van der Waals surface area (Å²) >= 11 is 6.01. The maximum Gasteiger partial charge on any atom is 0.255 e. The number of hydrogen-bond acceptors (Lipinski definition) is 4. The molecule has 6 heteroatoms. The fourth-order valence-corrected chi connectivity index (χ4v) is 3.32. The second kappa shape index (κ2) is 11.3. The van der Waals surface area contributed by atoms with Crippen molar-refractivity contribution in [1.29, 1.82) is 0 Å². The number of Topliss-reactive ketones (excluding diaryl/α,β-unsaturated/α-hetero) is 1. The number of ether oxygens (including phenoxy) is 1. The maximum atomic E-state index is 12.5. The quantitative estimate of drug-likeness (QED) is 0.339. The van der Waals surface area contributed by atoms with E-state index in [-0.39, 0.29) is 11.5 Å². The molecule has 2 N–H and O–H groups in total. The van der Waals surface area contributed by atoms with Gasteiger partial charge in [0.05, 0.1) is 6.61 Å². The van der Waals surface area contributed by atoms with Crippen LogP contribution in [0.15, 0.2) is 72.8 Å². The van der Waals surface area contributed by atoms with Crippen molar-refractivity contribution < 1.29 is 19.4 Å². The zero-order valence-electron chi connectivity index (χ0n) is 17.0. The predicted molar refractivity (Wildman–Crippen MR) is 122 cm³/mol. The van der Waals surface area contributed by atoms with Gasteiger partial charge in [-0.25, -0.2) is 0 Å². The number of amides is 1. The number of ketones is 1. The van der Waals surface area contributed by atoms with Crippen LogP contribution in [0.3, 0.4) is 0 Å². The molecule has 0 unspecified atom stereocenters. The first-order valence-electron chi connectivity index (χ1n) is 10.1. The van der Waals surface area contributed by atoms with E-state index in [2.05, 4.69) is 17.4 Å². The first-order chi connectivity index (χ1) is 15.0. The zero-order chi connectivity index (χ0) is 22.1. The van der Waals surface area contributed by atoms with Gasteiger partial charge >= 0.3 is 0 Å². The minimum Gasteiger partial charge on any atom is -0.494 e. The minimum absolute atomic E-state index is 0.237. The number of halogens is 1. The Morgan fingerprint density at radius 3 is 2.35 bits per heavy atom. The van der Waals surface area contributed by atoms with Gasteiger partial charge in [-0.3, -0.25) is 9.59 Å². The summed E-state index contributed by atoms with van der Waals surface area (Å²) in [6.45, 7) is -0.00992. The normalized spacial score (nSPS) is 10.5. The molecule has 3 rings (SSSR count). The Bertz CT molecular complexity index is 1020. The molecule has 160 valence electrons. The largest absolute Gasteiger partial charge is 0.494 e. The molecule has 1 amide bonds. The van der Waals surface area contributed by atoms with Crippen molar-refractivity contribution >= 4 is 29.0 Å². The fraction of sp³-hybridized carbons (Fsp3) is 0.200. The van der Waals surface area contributed by atoms with Crippen molar-refractivity contribution in [3.63, 3.8) is 0 Å². The Balaban J connectivity index is 1.48. The SMILES string of the molecule is O=C(CO)c1cc(Cl)cc(NC(=O)c2ccc(OCCCCc3ccccc3)cc2)c1. The third kappa shape index (κ3) is 6.95. The summed E-state index contributed by atoms with van der Waals surface area (Å²) in [7, 11) is 0. The molecule has 0 heterocycles. The molecule has 0 atom stereocenters. The van der Waals surface area contributed by atoms with Crippen molar-refractivity contribution in [2.24, 2.45) is 0 Å². The van der Waals surface area contributed by atoms with E-state index in [1.165, 1.54) is 17.7 Å². The van der Waals surface area contributed by atoms with E-state index in [1.807, 2.05) is 18.2 Å². The standard InChI is InChI=1S/C25H24ClNO4/c26-21-14-20(24(29)17-28)15-22(16-21)27-25(30)19-9-11-23(12-10-19)31-13-5-4-8-18-6-2-1-3-7-18/h1-3,6-7,9-12,14-16,28H,4-5,8,13,17H2,(H,27,30). The lowest BCUT2D eigenvalue weighted by Gasteiger charge is -2.09. The van der Waals surface area contributed by atoms with E-state index >= 15 is 0 Å². The number of rotatable bonds is 10. The van der Waals surface area contributed by atoms with Crippen LogP contribution in [-0.2, 0) is 6.42 Å². The molecule has 0 aliphatic rings. The summed E-state index contributed by atoms with van der Waals surface area (Å²) in [4.78, 5) is 24.2. The van der Waals surface area contributed by atoms with Crippen molar-refractivity contribution in [2.75, 3.05) is 18.5 Å². The molecule has 3 aromatic rings.